The summed E-state index contributed by atoms with van der Waals surface area (Å²) >= 11 is 8.69. The van der Waals surface area contributed by atoms with E-state index < -0.39 is 0 Å². The molecule has 1 N–H and O–H groups in total. The predicted molar refractivity (Wildman–Crippen MR) is 77.5 cm³/mol. The average molecular weight is 356 g/mol. The number of nitrogens with one attached hydrogen (secondary N) is 1. The molecule has 1 heterocycles. The molecule has 0 unspecified atom stereocenters. The van der Waals surface area contributed by atoms with Gasteiger partial charge < -0.3 is 5.32 Å². The molecule has 0 radical (unpaired) electrons. The Bertz CT molecular complexity index is 325. The fourth-order valence-electron chi connectivity index (χ4n) is 1.58. The van der Waals surface area contributed by atoms with Gasteiger partial charge in [0.1, 0.15) is 0 Å². The summed E-state index contributed by atoms with van der Waals surface area (Å²) in [6.45, 7) is 6.91. The summed E-state index contributed by atoms with van der Waals surface area (Å²) in [4.78, 5) is 0. The van der Waals surface area contributed by atoms with E-state index in [2.05, 4.69) is 46.9 Å². The first-order chi connectivity index (χ1) is 7.74. The van der Waals surface area contributed by atoms with Gasteiger partial charge in [0.2, 0.25) is 0 Å². The largest absolute Gasteiger partial charge is 0.311 e. The molecule has 1 rings (SSSR count). The van der Waals surface area contributed by atoms with Crippen LogP contribution < -0.4 is 5.32 Å². The second-order valence-electron chi connectivity index (χ2n) is 3.60. The Morgan fingerprint density at radius 2 is 2.19 bits per heavy atom. The van der Waals surface area contributed by atoms with E-state index in [1.54, 1.807) is 0 Å². The van der Waals surface area contributed by atoms with Crippen molar-refractivity contribution in [1.29, 1.82) is 0 Å². The third-order valence-electron chi connectivity index (χ3n) is 2.47. The lowest BCUT2D eigenvalue weighted by Gasteiger charge is -2.06. The first-order valence-electron chi connectivity index (χ1n) is 5.75. The Hall–Kier alpha value is 0.190. The molecule has 1 aromatic heterocycles. The van der Waals surface area contributed by atoms with Crippen molar-refractivity contribution in [2.24, 2.45) is 0 Å². The van der Waals surface area contributed by atoms with Gasteiger partial charge in [-0.05, 0) is 26.3 Å². The summed E-state index contributed by atoms with van der Waals surface area (Å²) in [5.41, 5.74) is 2.13. The second-order valence-corrected chi connectivity index (χ2v) is 5.05. The van der Waals surface area contributed by atoms with Crippen LogP contribution in [0.2, 0.25) is 5.02 Å². The molecule has 0 fully saturated rings. The summed E-state index contributed by atoms with van der Waals surface area (Å²) in [7, 11) is 0. The SMILES string of the molecule is CCc1nn(CC)c(CNCCCI)c1Cl. The van der Waals surface area contributed by atoms with Crippen molar-refractivity contribution in [3.8, 4) is 0 Å². The van der Waals surface area contributed by atoms with Gasteiger partial charge in [-0.2, -0.15) is 5.10 Å². The van der Waals surface area contributed by atoms with Crippen molar-refractivity contribution in [1.82, 2.24) is 15.1 Å². The minimum absolute atomic E-state index is 0.816. The van der Waals surface area contributed by atoms with Gasteiger partial charge in [0, 0.05) is 17.5 Å². The highest BCUT2D eigenvalue weighted by Gasteiger charge is 2.13. The zero-order valence-corrected chi connectivity index (χ0v) is 12.8. The lowest BCUT2D eigenvalue weighted by molar-refractivity contribution is 0.577. The van der Waals surface area contributed by atoms with E-state index in [4.69, 9.17) is 11.6 Å². The van der Waals surface area contributed by atoms with Gasteiger partial charge in [0.15, 0.2) is 0 Å². The molecule has 16 heavy (non-hydrogen) atoms. The van der Waals surface area contributed by atoms with Gasteiger partial charge in [-0.25, -0.2) is 0 Å². The van der Waals surface area contributed by atoms with E-state index in [9.17, 15) is 0 Å². The molecule has 0 atom stereocenters. The lowest BCUT2D eigenvalue weighted by Crippen LogP contribution is -2.18. The molecule has 0 aliphatic heterocycles. The van der Waals surface area contributed by atoms with Crippen molar-refractivity contribution in [3.63, 3.8) is 0 Å². The maximum Gasteiger partial charge on any atom is 0.0863 e. The summed E-state index contributed by atoms with van der Waals surface area (Å²) in [5, 5.41) is 8.73. The Morgan fingerprint density at radius 1 is 1.44 bits per heavy atom. The normalized spacial score (nSPS) is 11.0. The molecule has 0 saturated carbocycles. The average Bonchev–Trinajstić information content (AvgIpc) is 2.61. The number of hydrogen-bond donors (Lipinski definition) is 1. The lowest BCUT2D eigenvalue weighted by atomic mass is 10.3. The number of aromatic nitrogens is 2. The monoisotopic (exact) mass is 355 g/mol. The van der Waals surface area contributed by atoms with Gasteiger partial charge in [-0.3, -0.25) is 4.68 Å². The number of nitrogens with zero attached hydrogens (tertiary/aromatic N) is 2. The number of rotatable bonds is 7. The molecular formula is C11H19ClIN3. The van der Waals surface area contributed by atoms with Crippen LogP contribution in [0.5, 0.6) is 0 Å². The zero-order chi connectivity index (χ0) is 12.0. The minimum atomic E-state index is 0.816. The molecule has 0 amide bonds. The number of aryl methyl sites for hydroxylation is 2. The Balaban J connectivity index is 2.65. The smallest absolute Gasteiger partial charge is 0.0863 e. The second kappa shape index (κ2) is 7.50. The van der Waals surface area contributed by atoms with E-state index in [0.717, 1.165) is 42.5 Å². The Kier molecular flexibility index (Phi) is 6.68. The zero-order valence-electron chi connectivity index (χ0n) is 9.89. The van der Waals surface area contributed by atoms with Crippen LogP contribution in [0.1, 0.15) is 31.7 Å². The molecule has 3 nitrogen and oxygen atoms in total. The van der Waals surface area contributed by atoms with E-state index in [1.165, 1.54) is 10.8 Å². The summed E-state index contributed by atoms with van der Waals surface area (Å²) in [6.07, 6.45) is 2.09. The highest BCUT2D eigenvalue weighted by molar-refractivity contribution is 14.1. The first-order valence-corrected chi connectivity index (χ1v) is 7.65. The maximum atomic E-state index is 6.30. The molecular weight excluding hydrogens is 336 g/mol. The number of hydrogen-bond acceptors (Lipinski definition) is 2. The highest BCUT2D eigenvalue weighted by atomic mass is 127. The first kappa shape index (κ1) is 14.3. The molecule has 0 saturated heterocycles. The van der Waals surface area contributed by atoms with Crippen molar-refractivity contribution < 1.29 is 0 Å². The number of halogens is 2. The summed E-state index contributed by atoms with van der Waals surface area (Å²) in [5.74, 6) is 0. The van der Waals surface area contributed by atoms with E-state index in [1.807, 2.05) is 4.68 Å². The quantitative estimate of drug-likeness (QED) is 0.463. The van der Waals surface area contributed by atoms with E-state index in [-0.39, 0.29) is 0 Å². The predicted octanol–water partition coefficient (Wildman–Crippen LogP) is 3.03. The molecule has 92 valence electrons. The van der Waals surface area contributed by atoms with Crippen LogP contribution in [0.25, 0.3) is 0 Å². The molecule has 0 aliphatic carbocycles. The highest BCUT2D eigenvalue weighted by Crippen LogP contribution is 2.21. The Morgan fingerprint density at radius 3 is 2.75 bits per heavy atom. The van der Waals surface area contributed by atoms with Crippen molar-refractivity contribution >= 4 is 34.2 Å². The third kappa shape index (κ3) is 3.60. The van der Waals surface area contributed by atoms with Crippen molar-refractivity contribution in [3.05, 3.63) is 16.4 Å². The van der Waals surface area contributed by atoms with Crippen LogP contribution in [-0.2, 0) is 19.5 Å². The van der Waals surface area contributed by atoms with Crippen LogP contribution in [0.15, 0.2) is 0 Å². The Labute approximate surface area is 116 Å². The van der Waals surface area contributed by atoms with Crippen molar-refractivity contribution in [2.75, 3.05) is 11.0 Å². The van der Waals surface area contributed by atoms with Gasteiger partial charge in [-0.15, -0.1) is 0 Å². The molecule has 0 aromatic carbocycles. The van der Waals surface area contributed by atoms with Gasteiger partial charge in [0.05, 0.1) is 16.4 Å². The summed E-state index contributed by atoms with van der Waals surface area (Å²) in [6, 6.07) is 0. The molecule has 5 heteroatoms. The third-order valence-corrected chi connectivity index (χ3v) is 3.67. The van der Waals surface area contributed by atoms with Gasteiger partial charge in [0.25, 0.3) is 0 Å². The van der Waals surface area contributed by atoms with Crippen molar-refractivity contribution in [2.45, 2.75) is 39.8 Å². The standard InChI is InChI=1S/C11H19ClIN3/c1-3-9-11(12)10(16(4-2)15-9)8-14-7-5-6-13/h14H,3-8H2,1-2H3. The van der Waals surface area contributed by atoms with Crippen LogP contribution in [-0.4, -0.2) is 20.8 Å². The van der Waals surface area contributed by atoms with Gasteiger partial charge >= 0.3 is 0 Å². The fraction of sp³-hybridized carbons (Fsp3) is 0.727. The van der Waals surface area contributed by atoms with Crippen LogP contribution >= 0.6 is 34.2 Å². The van der Waals surface area contributed by atoms with Crippen LogP contribution in [0.4, 0.5) is 0 Å². The molecule has 0 aliphatic rings. The fourth-order valence-corrected chi connectivity index (χ4v) is 2.30. The molecule has 1 aromatic rings. The maximum absolute atomic E-state index is 6.30. The van der Waals surface area contributed by atoms with E-state index >= 15 is 0 Å². The molecule has 0 bridgehead atoms. The van der Waals surface area contributed by atoms with E-state index in [0.29, 0.717) is 0 Å². The molecule has 0 spiro atoms. The number of alkyl halides is 1. The minimum Gasteiger partial charge on any atom is -0.311 e. The van der Waals surface area contributed by atoms with Crippen LogP contribution in [0, 0.1) is 0 Å². The van der Waals surface area contributed by atoms with Gasteiger partial charge in [-0.1, -0.05) is 41.1 Å². The summed E-state index contributed by atoms with van der Waals surface area (Å²) < 4.78 is 3.18. The topological polar surface area (TPSA) is 29.9 Å². The van der Waals surface area contributed by atoms with Crippen LogP contribution in [0.3, 0.4) is 0 Å².